The molecule has 0 spiro atoms. The Morgan fingerprint density at radius 3 is 2.56 bits per heavy atom. The monoisotopic (exact) mass is 445 g/mol. The summed E-state index contributed by atoms with van der Waals surface area (Å²) < 4.78 is 27.9. The summed E-state index contributed by atoms with van der Waals surface area (Å²) in [6.07, 6.45) is 9.53. The van der Waals surface area contributed by atoms with Gasteiger partial charge in [0.2, 0.25) is 0 Å². The molecule has 7 nitrogen and oxygen atoms in total. The van der Waals surface area contributed by atoms with E-state index in [9.17, 15) is 8.42 Å². The van der Waals surface area contributed by atoms with E-state index >= 15 is 0 Å². The van der Waals surface area contributed by atoms with Gasteiger partial charge in [0.15, 0.2) is 9.84 Å². The van der Waals surface area contributed by atoms with E-state index in [2.05, 4.69) is 32.6 Å². The van der Waals surface area contributed by atoms with E-state index in [1.54, 1.807) is 18.3 Å². The van der Waals surface area contributed by atoms with E-state index < -0.39 is 9.84 Å². The number of pyridine rings is 1. The lowest BCUT2D eigenvalue weighted by molar-refractivity contribution is 0.602. The Bertz CT molecular complexity index is 1430. The zero-order chi connectivity index (χ0) is 21.9. The van der Waals surface area contributed by atoms with Crippen molar-refractivity contribution in [2.45, 2.75) is 43.2 Å². The number of fused-ring (bicyclic) bond motifs is 1. The van der Waals surface area contributed by atoms with Gasteiger partial charge in [0, 0.05) is 42.7 Å². The van der Waals surface area contributed by atoms with Crippen LogP contribution < -0.4 is 0 Å². The molecule has 32 heavy (non-hydrogen) atoms. The number of imidazole rings is 1. The Morgan fingerprint density at radius 2 is 1.81 bits per heavy atom. The molecule has 0 unspecified atom stereocenters. The number of aryl methyl sites for hydroxylation is 1. The molecule has 2 aliphatic rings. The molecule has 0 radical (unpaired) electrons. The maximum absolute atomic E-state index is 11.8. The van der Waals surface area contributed by atoms with Crippen molar-refractivity contribution in [2.24, 2.45) is 0 Å². The first kappa shape index (κ1) is 19.4. The van der Waals surface area contributed by atoms with Crippen LogP contribution in [0, 0.1) is 0 Å². The fraction of sp³-hybridized carbons (Fsp3) is 0.292. The Balaban J connectivity index is 1.43. The quantitative estimate of drug-likeness (QED) is 0.461. The Hall–Kier alpha value is -3.26. The number of rotatable bonds is 5. The third kappa shape index (κ3) is 3.35. The minimum Gasteiger partial charge on any atom is -0.327 e. The van der Waals surface area contributed by atoms with Gasteiger partial charge >= 0.3 is 0 Å². The first-order valence-electron chi connectivity index (χ1n) is 10.9. The van der Waals surface area contributed by atoms with Gasteiger partial charge in [-0.2, -0.15) is 5.10 Å². The zero-order valence-electron chi connectivity index (χ0n) is 17.8. The highest BCUT2D eigenvalue weighted by Gasteiger charge is 2.28. The van der Waals surface area contributed by atoms with Crippen LogP contribution in [0.5, 0.6) is 0 Å². The van der Waals surface area contributed by atoms with E-state index in [-0.39, 0.29) is 0 Å². The Kier molecular flexibility index (Phi) is 4.33. The average molecular weight is 446 g/mol. The molecular formula is C24H23N5O2S. The fourth-order valence-corrected chi connectivity index (χ4v) is 5.04. The van der Waals surface area contributed by atoms with Crippen molar-refractivity contribution in [3.05, 3.63) is 60.7 Å². The molecule has 4 heterocycles. The molecule has 6 rings (SSSR count). The third-order valence-electron chi connectivity index (χ3n) is 6.21. The summed E-state index contributed by atoms with van der Waals surface area (Å²) in [4.78, 5) is 9.82. The van der Waals surface area contributed by atoms with Gasteiger partial charge in [-0.3, -0.25) is 9.67 Å². The topological polar surface area (TPSA) is 82.7 Å². The molecule has 0 saturated heterocycles. The second-order valence-electron chi connectivity index (χ2n) is 8.62. The van der Waals surface area contributed by atoms with Crippen molar-refractivity contribution in [2.75, 3.05) is 6.26 Å². The van der Waals surface area contributed by atoms with Crippen LogP contribution in [0.4, 0.5) is 0 Å². The van der Waals surface area contributed by atoms with Crippen LogP contribution in [-0.4, -0.2) is 39.0 Å². The van der Waals surface area contributed by atoms with Gasteiger partial charge in [0.25, 0.3) is 0 Å². The van der Waals surface area contributed by atoms with E-state index in [0.29, 0.717) is 10.9 Å². The minimum atomic E-state index is -3.23. The number of hydrogen-bond acceptors (Lipinski definition) is 5. The van der Waals surface area contributed by atoms with Gasteiger partial charge in [-0.25, -0.2) is 13.4 Å². The highest BCUT2D eigenvalue weighted by atomic mass is 32.2. The summed E-state index contributed by atoms with van der Waals surface area (Å²) in [5, 5.41) is 4.82. The summed E-state index contributed by atoms with van der Waals surface area (Å²) >= 11 is 0. The Labute approximate surface area is 186 Å². The van der Waals surface area contributed by atoms with Gasteiger partial charge in [-0.15, -0.1) is 0 Å². The second-order valence-corrected chi connectivity index (χ2v) is 10.6. The lowest BCUT2D eigenvalue weighted by atomic mass is 10.1. The van der Waals surface area contributed by atoms with Gasteiger partial charge in [0.1, 0.15) is 17.2 Å². The summed E-state index contributed by atoms with van der Waals surface area (Å²) in [5.41, 5.74) is 5.62. The molecule has 162 valence electrons. The summed E-state index contributed by atoms with van der Waals surface area (Å²) in [6, 6.07) is 13.5. The van der Waals surface area contributed by atoms with E-state index in [0.717, 1.165) is 59.1 Å². The van der Waals surface area contributed by atoms with Crippen LogP contribution in [0.3, 0.4) is 0 Å². The second kappa shape index (κ2) is 7.13. The smallest absolute Gasteiger partial charge is 0.175 e. The maximum Gasteiger partial charge on any atom is 0.175 e. The van der Waals surface area contributed by atoms with Crippen LogP contribution in [0.25, 0.3) is 33.9 Å². The summed E-state index contributed by atoms with van der Waals surface area (Å²) in [7, 11) is -3.23. The standard InChI is InChI=1S/C24H23N5O2S/c1-32(30,31)19-8-4-16(5-9-19)21-15-17(10-12-25-21)24-23(26-22-3-2-13-28(22)24)20-11-14-29(27-20)18-6-7-18/h4-5,8-12,14-15,18H,2-3,6-7,13H2,1H3. The Morgan fingerprint density at radius 1 is 1.00 bits per heavy atom. The molecule has 0 atom stereocenters. The summed E-state index contributed by atoms with van der Waals surface area (Å²) in [6.45, 7) is 0.946. The van der Waals surface area contributed by atoms with Crippen LogP contribution in [-0.2, 0) is 22.8 Å². The minimum absolute atomic E-state index is 0.305. The molecule has 1 aliphatic heterocycles. The molecular weight excluding hydrogens is 422 g/mol. The predicted molar refractivity (Wildman–Crippen MR) is 122 cm³/mol. The molecule has 1 saturated carbocycles. The number of hydrogen-bond donors (Lipinski definition) is 0. The van der Waals surface area contributed by atoms with Crippen LogP contribution in [0.15, 0.2) is 59.8 Å². The highest BCUT2D eigenvalue weighted by Crippen LogP contribution is 2.38. The van der Waals surface area contributed by atoms with Gasteiger partial charge in [0.05, 0.1) is 22.3 Å². The van der Waals surface area contributed by atoms with Gasteiger partial charge in [-0.1, -0.05) is 12.1 Å². The molecule has 0 bridgehead atoms. The highest BCUT2D eigenvalue weighted by molar-refractivity contribution is 7.90. The number of sulfone groups is 1. The zero-order valence-corrected chi connectivity index (χ0v) is 18.6. The fourth-order valence-electron chi connectivity index (χ4n) is 4.41. The van der Waals surface area contributed by atoms with Crippen molar-refractivity contribution in [1.29, 1.82) is 0 Å². The van der Waals surface area contributed by atoms with Crippen molar-refractivity contribution in [3.8, 4) is 33.9 Å². The van der Waals surface area contributed by atoms with Gasteiger partial charge in [-0.05, 0) is 49.6 Å². The van der Waals surface area contributed by atoms with Crippen LogP contribution in [0.2, 0.25) is 0 Å². The van der Waals surface area contributed by atoms with Crippen LogP contribution in [0.1, 0.15) is 31.1 Å². The molecule has 1 aromatic carbocycles. The number of nitrogens with zero attached hydrogens (tertiary/aromatic N) is 5. The van der Waals surface area contributed by atoms with Crippen LogP contribution >= 0.6 is 0 Å². The number of aromatic nitrogens is 5. The third-order valence-corrected chi connectivity index (χ3v) is 7.34. The van der Waals surface area contributed by atoms with Crippen molar-refractivity contribution >= 4 is 9.84 Å². The molecule has 3 aromatic heterocycles. The molecule has 1 fully saturated rings. The molecule has 8 heteroatoms. The molecule has 0 N–H and O–H groups in total. The molecule has 4 aromatic rings. The predicted octanol–water partition coefficient (Wildman–Crippen LogP) is 4.16. The average Bonchev–Trinajstić information content (AvgIpc) is 3.19. The van der Waals surface area contributed by atoms with E-state index in [4.69, 9.17) is 10.1 Å². The van der Waals surface area contributed by atoms with Crippen molar-refractivity contribution in [3.63, 3.8) is 0 Å². The lowest BCUT2D eigenvalue weighted by Crippen LogP contribution is -1.98. The molecule has 0 amide bonds. The first-order chi connectivity index (χ1) is 15.5. The normalized spacial score (nSPS) is 15.8. The SMILES string of the molecule is CS(=O)(=O)c1ccc(-c2cc(-c3c(-c4ccn(C5CC5)n4)nc4n3CCC4)ccn2)cc1. The van der Waals surface area contributed by atoms with Crippen molar-refractivity contribution < 1.29 is 8.42 Å². The van der Waals surface area contributed by atoms with E-state index in [1.165, 1.54) is 19.1 Å². The maximum atomic E-state index is 11.8. The van der Waals surface area contributed by atoms with Crippen molar-refractivity contribution in [1.82, 2.24) is 24.3 Å². The largest absolute Gasteiger partial charge is 0.327 e. The molecule has 1 aliphatic carbocycles. The summed E-state index contributed by atoms with van der Waals surface area (Å²) in [5.74, 6) is 1.10. The lowest BCUT2D eigenvalue weighted by Gasteiger charge is -2.10. The number of benzene rings is 1. The van der Waals surface area contributed by atoms with Gasteiger partial charge < -0.3 is 4.57 Å². The van der Waals surface area contributed by atoms with E-state index in [1.807, 2.05) is 18.2 Å². The first-order valence-corrected chi connectivity index (χ1v) is 12.8.